The van der Waals surface area contributed by atoms with Gasteiger partial charge in [-0.1, -0.05) is 62.1 Å². The standard InChI is InChI=1S/C32H28N4O2.Pt/c1-20-6-2-3-7-24(20)28-18-35-15-14-21-10-11-22(16-25(21)31(35)34-28)38-23-12-13-30-26(17-23)32-33-27-8-4-5-9-29(27)36(32)19-37-30;/h4-5,8-13,18,20,24H,2-3,6-7,14-15,19H2,1H3;/q-2;+2. The Morgan fingerprint density at radius 3 is 2.64 bits per heavy atom. The fraction of sp³-hybridized carbons (Fsp3) is 0.312. The number of ether oxygens (including phenoxy) is 2. The second kappa shape index (κ2) is 9.67. The van der Waals surface area contributed by atoms with Crippen molar-refractivity contribution in [3.05, 3.63) is 78.1 Å². The quantitative estimate of drug-likeness (QED) is 0.188. The molecule has 4 heterocycles. The minimum Gasteiger partial charge on any atom is -0.519 e. The summed E-state index contributed by atoms with van der Waals surface area (Å²) < 4.78 is 16.7. The summed E-state index contributed by atoms with van der Waals surface area (Å²) in [5, 5.41) is 0. The second-order valence-corrected chi connectivity index (χ2v) is 10.8. The second-order valence-electron chi connectivity index (χ2n) is 10.8. The van der Waals surface area contributed by atoms with E-state index in [9.17, 15) is 0 Å². The van der Waals surface area contributed by atoms with E-state index in [2.05, 4.69) is 46.5 Å². The van der Waals surface area contributed by atoms with Crippen molar-refractivity contribution in [3.8, 4) is 40.0 Å². The predicted octanol–water partition coefficient (Wildman–Crippen LogP) is 7.16. The van der Waals surface area contributed by atoms with E-state index in [0.717, 1.165) is 52.5 Å². The maximum absolute atomic E-state index is 6.31. The van der Waals surface area contributed by atoms with Gasteiger partial charge in [-0.2, -0.15) is 0 Å². The van der Waals surface area contributed by atoms with Gasteiger partial charge in [0.15, 0.2) is 0 Å². The van der Waals surface area contributed by atoms with Crippen LogP contribution < -0.4 is 9.47 Å². The summed E-state index contributed by atoms with van der Waals surface area (Å²) in [5.74, 6) is 5.15. The normalized spacial score (nSPS) is 19.2. The average Bonchev–Trinajstić information content (AvgIpc) is 3.55. The van der Waals surface area contributed by atoms with Crippen LogP contribution in [0.5, 0.6) is 17.2 Å². The number of fused-ring (bicyclic) bond motifs is 8. The third kappa shape index (κ3) is 4.12. The van der Waals surface area contributed by atoms with Crippen LogP contribution in [-0.2, 0) is 40.8 Å². The molecule has 6 nitrogen and oxygen atoms in total. The molecule has 8 rings (SSSR count). The molecule has 0 bridgehead atoms. The van der Waals surface area contributed by atoms with E-state index in [1.54, 1.807) is 0 Å². The first-order chi connectivity index (χ1) is 18.7. The number of aromatic nitrogens is 4. The Kier molecular flexibility index (Phi) is 6.11. The molecule has 2 aliphatic heterocycles. The molecule has 1 saturated carbocycles. The summed E-state index contributed by atoms with van der Waals surface area (Å²) >= 11 is 0. The number of hydrogen-bond donors (Lipinski definition) is 0. The van der Waals surface area contributed by atoms with Crippen LogP contribution in [0, 0.1) is 18.1 Å². The number of rotatable bonds is 3. The molecule has 1 aliphatic carbocycles. The Balaban J connectivity index is 0.00000253. The molecule has 0 spiro atoms. The van der Waals surface area contributed by atoms with Crippen LogP contribution in [-0.4, -0.2) is 19.1 Å². The van der Waals surface area contributed by atoms with Crippen LogP contribution in [0.1, 0.15) is 49.8 Å². The van der Waals surface area contributed by atoms with Crippen molar-refractivity contribution >= 4 is 11.0 Å². The fourth-order valence-corrected chi connectivity index (χ4v) is 6.41. The third-order valence-electron chi connectivity index (χ3n) is 8.47. The Bertz CT molecular complexity index is 1700. The van der Waals surface area contributed by atoms with Gasteiger partial charge in [-0.05, 0) is 30.9 Å². The van der Waals surface area contributed by atoms with Crippen LogP contribution in [0.4, 0.5) is 0 Å². The molecule has 1 fully saturated rings. The van der Waals surface area contributed by atoms with Gasteiger partial charge in [0.2, 0.25) is 0 Å². The summed E-state index contributed by atoms with van der Waals surface area (Å²) in [4.78, 5) is 10.0. The van der Waals surface area contributed by atoms with Crippen LogP contribution in [0.3, 0.4) is 0 Å². The summed E-state index contributed by atoms with van der Waals surface area (Å²) in [6, 6.07) is 23.0. The van der Waals surface area contributed by atoms with Crippen molar-refractivity contribution in [3.63, 3.8) is 0 Å². The molecule has 2 atom stereocenters. The SMILES string of the molecule is CC1CCCCC1c1cn2c(n1)-c1[c-]c(Oc3[c-]c4c(cc3)OCn3c-4nc4ccccc43)ccc1CC2.[Pt+2]. The Morgan fingerprint density at radius 2 is 1.74 bits per heavy atom. The molecule has 0 radical (unpaired) electrons. The molecule has 39 heavy (non-hydrogen) atoms. The van der Waals surface area contributed by atoms with Crippen molar-refractivity contribution < 1.29 is 30.5 Å². The molecule has 2 unspecified atom stereocenters. The molecule has 2 aromatic heterocycles. The van der Waals surface area contributed by atoms with Crippen molar-refractivity contribution in [1.82, 2.24) is 19.1 Å². The number of benzene rings is 3. The molecular formula is C32H28N4O2Pt. The summed E-state index contributed by atoms with van der Waals surface area (Å²) in [7, 11) is 0. The van der Waals surface area contributed by atoms with Gasteiger partial charge in [0, 0.05) is 35.9 Å². The van der Waals surface area contributed by atoms with Crippen molar-refractivity contribution in [1.29, 1.82) is 0 Å². The van der Waals surface area contributed by atoms with Gasteiger partial charge in [0.25, 0.3) is 0 Å². The average molecular weight is 696 g/mol. The largest absolute Gasteiger partial charge is 2.00 e. The number of nitrogens with zero attached hydrogens (tertiary/aromatic N) is 4. The van der Waals surface area contributed by atoms with E-state index >= 15 is 0 Å². The first-order valence-electron chi connectivity index (χ1n) is 13.7. The van der Waals surface area contributed by atoms with Gasteiger partial charge < -0.3 is 18.6 Å². The molecule has 3 aromatic carbocycles. The van der Waals surface area contributed by atoms with Crippen molar-refractivity contribution in [2.24, 2.45) is 5.92 Å². The fourth-order valence-electron chi connectivity index (χ4n) is 6.41. The number of imidazole rings is 2. The van der Waals surface area contributed by atoms with Gasteiger partial charge in [-0.25, -0.2) is 0 Å². The van der Waals surface area contributed by atoms with Crippen molar-refractivity contribution in [2.45, 2.75) is 58.2 Å². The molecule has 0 N–H and O–H groups in total. The van der Waals surface area contributed by atoms with Gasteiger partial charge in [-0.15, -0.1) is 29.3 Å². The van der Waals surface area contributed by atoms with E-state index in [1.165, 1.54) is 36.9 Å². The Hall–Kier alpha value is -3.37. The summed E-state index contributed by atoms with van der Waals surface area (Å²) in [6.45, 7) is 3.77. The minimum atomic E-state index is 0. The van der Waals surface area contributed by atoms with Gasteiger partial charge in [0.1, 0.15) is 6.73 Å². The van der Waals surface area contributed by atoms with E-state index < -0.39 is 0 Å². The van der Waals surface area contributed by atoms with Gasteiger partial charge >= 0.3 is 21.1 Å². The number of aryl methyl sites for hydroxylation is 2. The van der Waals surface area contributed by atoms with Crippen molar-refractivity contribution in [2.75, 3.05) is 0 Å². The number of para-hydroxylation sites is 2. The third-order valence-corrected chi connectivity index (χ3v) is 8.47. The zero-order valence-corrected chi connectivity index (χ0v) is 24.0. The van der Waals surface area contributed by atoms with Crippen LogP contribution >= 0.6 is 0 Å². The smallest absolute Gasteiger partial charge is 0.519 e. The van der Waals surface area contributed by atoms with Crippen LogP contribution in [0.15, 0.2) is 54.7 Å². The van der Waals surface area contributed by atoms with Crippen LogP contribution in [0.2, 0.25) is 0 Å². The maximum Gasteiger partial charge on any atom is 2.00 e. The van der Waals surface area contributed by atoms with E-state index in [4.69, 9.17) is 19.4 Å². The molecule has 3 aliphatic rings. The first-order valence-corrected chi connectivity index (χ1v) is 13.7. The van der Waals surface area contributed by atoms with E-state index in [0.29, 0.717) is 30.1 Å². The molecule has 7 heteroatoms. The topological polar surface area (TPSA) is 54.1 Å². The molecule has 0 amide bonds. The maximum atomic E-state index is 6.31. The first kappa shape index (κ1) is 24.7. The van der Waals surface area contributed by atoms with Crippen LogP contribution in [0.25, 0.3) is 33.8 Å². The monoisotopic (exact) mass is 695 g/mol. The number of hydrogen-bond acceptors (Lipinski definition) is 4. The van der Waals surface area contributed by atoms with E-state index in [-0.39, 0.29) is 21.1 Å². The van der Waals surface area contributed by atoms with E-state index in [1.807, 2.05) is 36.4 Å². The van der Waals surface area contributed by atoms with Gasteiger partial charge in [0.05, 0.1) is 28.4 Å². The molecule has 198 valence electrons. The molecular weight excluding hydrogens is 667 g/mol. The predicted molar refractivity (Wildman–Crippen MR) is 145 cm³/mol. The Morgan fingerprint density at radius 1 is 0.923 bits per heavy atom. The minimum absolute atomic E-state index is 0. The summed E-state index contributed by atoms with van der Waals surface area (Å²) in [5.41, 5.74) is 6.37. The summed E-state index contributed by atoms with van der Waals surface area (Å²) in [6.07, 6.45) is 8.45. The Labute approximate surface area is 242 Å². The zero-order valence-electron chi connectivity index (χ0n) is 21.7. The van der Waals surface area contributed by atoms with Gasteiger partial charge in [-0.3, -0.25) is 9.97 Å². The molecule has 0 saturated heterocycles. The zero-order chi connectivity index (χ0) is 25.2. The molecule has 5 aromatic rings.